The summed E-state index contributed by atoms with van der Waals surface area (Å²) in [4.78, 5) is 3.56. The lowest BCUT2D eigenvalue weighted by Gasteiger charge is -2.12. The highest BCUT2D eigenvalue weighted by atomic mass is 19.3. The van der Waals surface area contributed by atoms with Crippen LogP contribution in [0.25, 0.3) is 0 Å². The lowest BCUT2D eigenvalue weighted by Crippen LogP contribution is -2.25. The van der Waals surface area contributed by atoms with Gasteiger partial charge in [-0.3, -0.25) is 4.98 Å². The lowest BCUT2D eigenvalue weighted by molar-refractivity contribution is 0.00561. The average Bonchev–Trinajstić information content (AvgIpc) is 2.06. The molecule has 1 heterocycles. The highest BCUT2D eigenvalue weighted by Crippen LogP contribution is 2.24. The van der Waals surface area contributed by atoms with Crippen LogP contribution >= 0.6 is 0 Å². The maximum absolute atomic E-state index is 12.7. The van der Waals surface area contributed by atoms with Gasteiger partial charge in [-0.25, -0.2) is 0 Å². The minimum absolute atomic E-state index is 0.137. The third kappa shape index (κ3) is 1.71. The van der Waals surface area contributed by atoms with E-state index in [9.17, 15) is 8.78 Å². The summed E-state index contributed by atoms with van der Waals surface area (Å²) in [5.41, 5.74) is 4.72. The van der Waals surface area contributed by atoms with E-state index in [0.717, 1.165) is 6.20 Å². The molecular formula is C7H8F2N2. The molecule has 0 fully saturated rings. The first kappa shape index (κ1) is 8.07. The molecule has 0 aliphatic heterocycles. The van der Waals surface area contributed by atoms with Crippen LogP contribution in [-0.4, -0.2) is 11.5 Å². The van der Waals surface area contributed by atoms with Crippen molar-refractivity contribution < 1.29 is 8.78 Å². The molecule has 0 saturated heterocycles. The second-order valence-corrected chi connectivity index (χ2v) is 2.15. The third-order valence-corrected chi connectivity index (χ3v) is 1.34. The number of rotatable bonds is 2. The van der Waals surface area contributed by atoms with Gasteiger partial charge in [-0.05, 0) is 12.1 Å². The second-order valence-electron chi connectivity index (χ2n) is 2.15. The summed E-state index contributed by atoms with van der Waals surface area (Å²) in [5, 5.41) is 0. The SMILES string of the molecule is NCC(F)(F)c1cccnc1. The van der Waals surface area contributed by atoms with E-state index in [4.69, 9.17) is 5.73 Å². The van der Waals surface area contributed by atoms with E-state index in [1.165, 1.54) is 18.3 Å². The Bertz CT molecular complexity index is 223. The van der Waals surface area contributed by atoms with Crippen LogP contribution in [0.1, 0.15) is 5.56 Å². The first-order valence-corrected chi connectivity index (χ1v) is 3.15. The first-order chi connectivity index (χ1) is 5.17. The molecule has 2 N–H and O–H groups in total. The van der Waals surface area contributed by atoms with Gasteiger partial charge in [0.25, 0.3) is 5.92 Å². The average molecular weight is 158 g/mol. The molecule has 2 nitrogen and oxygen atoms in total. The number of nitrogens with zero attached hydrogens (tertiary/aromatic N) is 1. The van der Waals surface area contributed by atoms with E-state index in [1.807, 2.05) is 0 Å². The molecule has 0 spiro atoms. The van der Waals surface area contributed by atoms with Gasteiger partial charge < -0.3 is 5.73 Å². The van der Waals surface area contributed by atoms with Gasteiger partial charge in [-0.15, -0.1) is 0 Å². The molecule has 0 unspecified atom stereocenters. The van der Waals surface area contributed by atoms with Gasteiger partial charge in [0.1, 0.15) is 0 Å². The van der Waals surface area contributed by atoms with E-state index in [0.29, 0.717) is 0 Å². The molecule has 0 aromatic carbocycles. The highest BCUT2D eigenvalue weighted by molar-refractivity contribution is 5.15. The number of pyridine rings is 1. The zero-order valence-electron chi connectivity index (χ0n) is 5.80. The fourth-order valence-corrected chi connectivity index (χ4v) is 0.697. The van der Waals surface area contributed by atoms with Crippen molar-refractivity contribution in [2.24, 2.45) is 5.73 Å². The summed E-state index contributed by atoms with van der Waals surface area (Å²) in [6.07, 6.45) is 2.56. The molecule has 0 amide bonds. The van der Waals surface area contributed by atoms with Crippen molar-refractivity contribution in [3.05, 3.63) is 30.1 Å². The van der Waals surface area contributed by atoms with Crippen LogP contribution in [-0.2, 0) is 5.92 Å². The van der Waals surface area contributed by atoms with Crippen molar-refractivity contribution in [3.8, 4) is 0 Å². The zero-order chi connectivity index (χ0) is 8.32. The lowest BCUT2D eigenvalue weighted by atomic mass is 10.1. The molecule has 60 valence electrons. The molecule has 4 heteroatoms. The van der Waals surface area contributed by atoms with Crippen LogP contribution in [0.4, 0.5) is 8.78 Å². The Hall–Kier alpha value is -1.03. The topological polar surface area (TPSA) is 38.9 Å². The number of hydrogen-bond donors (Lipinski definition) is 1. The van der Waals surface area contributed by atoms with Crippen LogP contribution < -0.4 is 5.73 Å². The molecule has 1 rings (SSSR count). The first-order valence-electron chi connectivity index (χ1n) is 3.15. The second kappa shape index (κ2) is 2.92. The quantitative estimate of drug-likeness (QED) is 0.700. The molecule has 0 aliphatic rings. The van der Waals surface area contributed by atoms with Gasteiger partial charge in [0, 0.05) is 18.0 Å². The summed E-state index contributed by atoms with van der Waals surface area (Å²) >= 11 is 0. The monoisotopic (exact) mass is 158 g/mol. The van der Waals surface area contributed by atoms with Gasteiger partial charge in [0.05, 0.1) is 6.54 Å². The highest BCUT2D eigenvalue weighted by Gasteiger charge is 2.29. The van der Waals surface area contributed by atoms with Crippen molar-refractivity contribution >= 4 is 0 Å². The smallest absolute Gasteiger partial charge is 0.286 e. The number of aromatic nitrogens is 1. The van der Waals surface area contributed by atoms with Crippen LogP contribution in [0.3, 0.4) is 0 Å². The number of hydrogen-bond acceptors (Lipinski definition) is 2. The van der Waals surface area contributed by atoms with Crippen LogP contribution in [0.5, 0.6) is 0 Å². The Kier molecular flexibility index (Phi) is 2.14. The molecule has 0 bridgehead atoms. The number of halogens is 2. The van der Waals surface area contributed by atoms with Crippen LogP contribution in [0.15, 0.2) is 24.5 Å². The molecular weight excluding hydrogens is 150 g/mol. The van der Waals surface area contributed by atoms with Gasteiger partial charge in [-0.2, -0.15) is 8.78 Å². The predicted molar refractivity (Wildman–Crippen MR) is 37.2 cm³/mol. The fraction of sp³-hybridized carbons (Fsp3) is 0.286. The van der Waals surface area contributed by atoms with E-state index in [2.05, 4.69) is 4.98 Å². The van der Waals surface area contributed by atoms with E-state index < -0.39 is 12.5 Å². The zero-order valence-corrected chi connectivity index (χ0v) is 5.80. The Morgan fingerprint density at radius 1 is 1.55 bits per heavy atom. The summed E-state index contributed by atoms with van der Waals surface area (Å²) in [6.45, 7) is -0.682. The van der Waals surface area contributed by atoms with Crippen LogP contribution in [0, 0.1) is 0 Å². The summed E-state index contributed by atoms with van der Waals surface area (Å²) < 4.78 is 25.4. The van der Waals surface area contributed by atoms with Gasteiger partial charge >= 0.3 is 0 Å². The Labute approximate surface area is 63.1 Å². The van der Waals surface area contributed by atoms with Crippen molar-refractivity contribution in [3.63, 3.8) is 0 Å². The Morgan fingerprint density at radius 2 is 2.27 bits per heavy atom. The van der Waals surface area contributed by atoms with Gasteiger partial charge in [0.2, 0.25) is 0 Å². The molecule has 0 aliphatic carbocycles. The van der Waals surface area contributed by atoms with Gasteiger partial charge in [-0.1, -0.05) is 0 Å². The maximum Gasteiger partial charge on any atom is 0.286 e. The van der Waals surface area contributed by atoms with Gasteiger partial charge in [0.15, 0.2) is 0 Å². The molecule has 0 radical (unpaired) electrons. The molecule has 0 saturated carbocycles. The fourth-order valence-electron chi connectivity index (χ4n) is 0.697. The van der Waals surface area contributed by atoms with Crippen molar-refractivity contribution in [2.75, 3.05) is 6.54 Å². The molecule has 11 heavy (non-hydrogen) atoms. The summed E-state index contributed by atoms with van der Waals surface area (Å²) in [6, 6.07) is 2.76. The minimum Gasteiger partial charge on any atom is -0.325 e. The third-order valence-electron chi connectivity index (χ3n) is 1.34. The molecule has 1 aromatic heterocycles. The van der Waals surface area contributed by atoms with Crippen LogP contribution in [0.2, 0.25) is 0 Å². The summed E-state index contributed by atoms with van der Waals surface area (Å²) in [7, 11) is 0. The van der Waals surface area contributed by atoms with E-state index in [1.54, 1.807) is 0 Å². The molecule has 1 aromatic rings. The number of alkyl halides is 2. The maximum atomic E-state index is 12.7. The molecule has 0 atom stereocenters. The van der Waals surface area contributed by atoms with E-state index >= 15 is 0 Å². The Morgan fingerprint density at radius 3 is 2.73 bits per heavy atom. The van der Waals surface area contributed by atoms with Crippen molar-refractivity contribution in [2.45, 2.75) is 5.92 Å². The minimum atomic E-state index is -2.95. The predicted octanol–water partition coefficient (Wildman–Crippen LogP) is 1.13. The normalized spacial score (nSPS) is 11.5. The Balaban J connectivity index is 2.93. The van der Waals surface area contributed by atoms with Crippen molar-refractivity contribution in [1.82, 2.24) is 4.98 Å². The largest absolute Gasteiger partial charge is 0.325 e. The van der Waals surface area contributed by atoms with Crippen molar-refractivity contribution in [1.29, 1.82) is 0 Å². The number of nitrogens with two attached hydrogens (primary N) is 1. The van der Waals surface area contributed by atoms with E-state index in [-0.39, 0.29) is 5.56 Å². The standard InChI is InChI=1S/C7H8F2N2/c8-7(9,5-10)6-2-1-3-11-4-6/h1-4H,5,10H2. The summed E-state index contributed by atoms with van der Waals surface area (Å²) in [5.74, 6) is -2.95.